The van der Waals surface area contributed by atoms with Gasteiger partial charge in [-0.2, -0.15) is 0 Å². The van der Waals surface area contributed by atoms with Gasteiger partial charge < -0.3 is 14.8 Å². The molecule has 24 heavy (non-hydrogen) atoms. The highest BCUT2D eigenvalue weighted by molar-refractivity contribution is 6.31. The number of benzene rings is 1. The number of nitrogens with zero attached hydrogens (tertiary/aromatic N) is 2. The molecule has 1 N–H and O–H groups in total. The van der Waals surface area contributed by atoms with E-state index in [-0.39, 0.29) is 35.5 Å². The predicted molar refractivity (Wildman–Crippen MR) is 97.0 cm³/mol. The van der Waals surface area contributed by atoms with Gasteiger partial charge >= 0.3 is 0 Å². The van der Waals surface area contributed by atoms with Crippen LogP contribution in [0.25, 0.3) is 0 Å². The van der Waals surface area contributed by atoms with E-state index in [1.165, 1.54) is 4.57 Å². The Kier molecular flexibility index (Phi) is 6.04. The summed E-state index contributed by atoms with van der Waals surface area (Å²) >= 11 is 6.30. The number of carbonyl (C=O) groups excluding carboxylic acids is 1. The normalized spacial score (nSPS) is 17.2. The fourth-order valence-electron chi connectivity index (χ4n) is 2.89. The van der Waals surface area contributed by atoms with Crippen LogP contribution in [0.15, 0.2) is 47.4 Å². The minimum absolute atomic E-state index is 0. The van der Waals surface area contributed by atoms with Crippen LogP contribution >= 0.6 is 24.0 Å². The zero-order valence-corrected chi connectivity index (χ0v) is 14.8. The Morgan fingerprint density at radius 1 is 1.25 bits per heavy atom. The molecule has 7 heteroatoms. The van der Waals surface area contributed by atoms with Crippen LogP contribution in [0.1, 0.15) is 22.0 Å². The van der Waals surface area contributed by atoms with Gasteiger partial charge in [-0.15, -0.1) is 12.4 Å². The average molecular weight is 368 g/mol. The van der Waals surface area contributed by atoms with Gasteiger partial charge in [-0.3, -0.25) is 9.59 Å². The zero-order chi connectivity index (χ0) is 16.4. The molecule has 1 fully saturated rings. The van der Waals surface area contributed by atoms with E-state index in [1.807, 2.05) is 24.3 Å². The van der Waals surface area contributed by atoms with E-state index in [4.69, 9.17) is 11.6 Å². The van der Waals surface area contributed by atoms with E-state index in [0.29, 0.717) is 24.7 Å². The van der Waals surface area contributed by atoms with Crippen LogP contribution in [0.5, 0.6) is 0 Å². The number of halogens is 2. The molecule has 1 aromatic carbocycles. The summed E-state index contributed by atoms with van der Waals surface area (Å²) in [4.78, 5) is 26.9. The fourth-order valence-corrected chi connectivity index (χ4v) is 3.15. The monoisotopic (exact) mass is 367 g/mol. The van der Waals surface area contributed by atoms with Gasteiger partial charge in [0, 0.05) is 37.9 Å². The van der Waals surface area contributed by atoms with Gasteiger partial charge in [-0.1, -0.05) is 29.8 Å². The van der Waals surface area contributed by atoms with Gasteiger partial charge in [0.1, 0.15) is 5.56 Å². The highest BCUT2D eigenvalue weighted by Gasteiger charge is 2.30. The number of hydrogen-bond donors (Lipinski definition) is 1. The van der Waals surface area contributed by atoms with Crippen molar-refractivity contribution >= 4 is 29.9 Å². The van der Waals surface area contributed by atoms with Gasteiger partial charge in [0.15, 0.2) is 0 Å². The lowest BCUT2D eigenvalue weighted by atomic mass is 10.0. The Balaban J connectivity index is 0.00000208. The molecule has 2 heterocycles. The zero-order valence-electron chi connectivity index (χ0n) is 13.2. The third-order valence-electron chi connectivity index (χ3n) is 4.12. The molecule has 0 saturated carbocycles. The fraction of sp³-hybridized carbons (Fsp3) is 0.294. The largest absolute Gasteiger partial charge is 0.329 e. The molecule has 5 nitrogen and oxygen atoms in total. The number of nitrogens with one attached hydrogen (secondary N) is 1. The highest BCUT2D eigenvalue weighted by Crippen LogP contribution is 2.29. The summed E-state index contributed by atoms with van der Waals surface area (Å²) in [5, 5.41) is 3.91. The Labute approximate surface area is 151 Å². The molecule has 1 aliphatic heterocycles. The second kappa shape index (κ2) is 7.83. The van der Waals surface area contributed by atoms with Gasteiger partial charge in [-0.25, -0.2) is 0 Å². The number of pyridine rings is 1. The summed E-state index contributed by atoms with van der Waals surface area (Å²) in [5.41, 5.74) is 0.797. The Hall–Kier alpha value is -1.82. The third kappa shape index (κ3) is 3.48. The Bertz CT molecular complexity index is 791. The molecule has 0 spiro atoms. The molecule has 1 atom stereocenters. The average Bonchev–Trinajstić information content (AvgIpc) is 2.57. The number of aryl methyl sites for hydroxylation is 1. The van der Waals surface area contributed by atoms with Crippen molar-refractivity contribution in [3.05, 3.63) is 69.1 Å². The summed E-state index contributed by atoms with van der Waals surface area (Å²) in [6.07, 6.45) is 1.64. The van der Waals surface area contributed by atoms with Crippen molar-refractivity contribution in [2.75, 3.05) is 19.6 Å². The van der Waals surface area contributed by atoms with Crippen LogP contribution in [0.2, 0.25) is 5.02 Å². The number of piperazine rings is 1. The second-order valence-corrected chi connectivity index (χ2v) is 5.99. The first-order valence-corrected chi connectivity index (χ1v) is 7.89. The van der Waals surface area contributed by atoms with Gasteiger partial charge in [-0.05, 0) is 23.8 Å². The van der Waals surface area contributed by atoms with Crippen LogP contribution < -0.4 is 10.9 Å². The molecule has 128 valence electrons. The van der Waals surface area contributed by atoms with Gasteiger partial charge in [0.25, 0.3) is 11.5 Å². The number of aromatic nitrogens is 1. The molecule has 1 unspecified atom stereocenters. The second-order valence-electron chi connectivity index (χ2n) is 5.58. The van der Waals surface area contributed by atoms with Crippen LogP contribution in [-0.2, 0) is 7.05 Å². The molecular weight excluding hydrogens is 349 g/mol. The predicted octanol–water partition coefficient (Wildman–Crippen LogP) is 2.25. The summed E-state index contributed by atoms with van der Waals surface area (Å²) in [7, 11) is 1.64. The summed E-state index contributed by atoms with van der Waals surface area (Å²) in [5.74, 6) is -0.252. The maximum Gasteiger partial charge on any atom is 0.263 e. The SMILES string of the molecule is Cl.Cn1cccc(C(=O)N2CCNCC2c2ccccc2Cl)c1=O. The maximum atomic E-state index is 12.9. The summed E-state index contributed by atoms with van der Waals surface area (Å²) in [6.45, 7) is 1.84. The number of carbonyl (C=O) groups is 1. The van der Waals surface area contributed by atoms with Crippen molar-refractivity contribution in [1.29, 1.82) is 0 Å². The molecule has 1 amide bonds. The van der Waals surface area contributed by atoms with Crippen LogP contribution in [0.3, 0.4) is 0 Å². The van der Waals surface area contributed by atoms with E-state index in [1.54, 1.807) is 30.3 Å². The minimum atomic E-state index is -0.283. The smallest absolute Gasteiger partial charge is 0.263 e. The molecular formula is C17H19Cl2N3O2. The first kappa shape index (κ1) is 18.5. The van der Waals surface area contributed by atoms with Crippen molar-refractivity contribution in [1.82, 2.24) is 14.8 Å². The topological polar surface area (TPSA) is 54.3 Å². The number of amides is 1. The van der Waals surface area contributed by atoms with Crippen LogP contribution in [-0.4, -0.2) is 35.0 Å². The van der Waals surface area contributed by atoms with E-state index in [2.05, 4.69) is 5.32 Å². The van der Waals surface area contributed by atoms with Gasteiger partial charge in [0.05, 0.1) is 6.04 Å². The first-order valence-electron chi connectivity index (χ1n) is 7.51. The van der Waals surface area contributed by atoms with E-state index in [0.717, 1.165) is 5.56 Å². The lowest BCUT2D eigenvalue weighted by Gasteiger charge is -2.36. The molecule has 0 bridgehead atoms. The highest BCUT2D eigenvalue weighted by atomic mass is 35.5. The Morgan fingerprint density at radius 3 is 2.75 bits per heavy atom. The van der Waals surface area contributed by atoms with Crippen molar-refractivity contribution < 1.29 is 4.79 Å². The lowest BCUT2D eigenvalue weighted by molar-refractivity contribution is 0.0632. The molecule has 1 saturated heterocycles. The van der Waals surface area contributed by atoms with Crippen molar-refractivity contribution in [2.24, 2.45) is 7.05 Å². The number of hydrogen-bond acceptors (Lipinski definition) is 3. The molecule has 1 aliphatic rings. The molecule has 1 aromatic heterocycles. The van der Waals surface area contributed by atoms with Crippen LogP contribution in [0, 0.1) is 0 Å². The quantitative estimate of drug-likeness (QED) is 0.885. The maximum absolute atomic E-state index is 12.9. The van der Waals surface area contributed by atoms with E-state index < -0.39 is 0 Å². The minimum Gasteiger partial charge on any atom is -0.329 e. The summed E-state index contributed by atoms with van der Waals surface area (Å²) < 4.78 is 1.42. The third-order valence-corrected chi connectivity index (χ3v) is 4.47. The van der Waals surface area contributed by atoms with Crippen molar-refractivity contribution in [2.45, 2.75) is 6.04 Å². The first-order chi connectivity index (χ1) is 11.1. The molecule has 3 rings (SSSR count). The molecule has 0 radical (unpaired) electrons. The van der Waals surface area contributed by atoms with Crippen LogP contribution in [0.4, 0.5) is 0 Å². The summed E-state index contributed by atoms with van der Waals surface area (Å²) in [6, 6.07) is 10.6. The number of rotatable bonds is 2. The van der Waals surface area contributed by atoms with E-state index >= 15 is 0 Å². The van der Waals surface area contributed by atoms with Crippen molar-refractivity contribution in [3.63, 3.8) is 0 Å². The van der Waals surface area contributed by atoms with Crippen molar-refractivity contribution in [3.8, 4) is 0 Å². The molecule has 2 aromatic rings. The molecule has 0 aliphatic carbocycles. The lowest BCUT2D eigenvalue weighted by Crippen LogP contribution is -2.49. The van der Waals surface area contributed by atoms with Gasteiger partial charge in [0.2, 0.25) is 0 Å². The van der Waals surface area contributed by atoms with E-state index in [9.17, 15) is 9.59 Å². The Morgan fingerprint density at radius 2 is 2.00 bits per heavy atom. The standard InChI is InChI=1S/C17H18ClN3O2.ClH/c1-20-9-4-6-13(16(20)22)17(23)21-10-8-19-11-15(21)12-5-2-3-7-14(12)18;/h2-7,9,15,19H,8,10-11H2,1H3;1H.